The number of hydrogen-bond acceptors (Lipinski definition) is 7. The van der Waals surface area contributed by atoms with Crippen LogP contribution in [0, 0.1) is 11.3 Å². The third-order valence-corrected chi connectivity index (χ3v) is 4.41. The summed E-state index contributed by atoms with van der Waals surface area (Å²) in [6, 6.07) is 2.18. The lowest BCUT2D eigenvalue weighted by Crippen LogP contribution is -2.55. The van der Waals surface area contributed by atoms with Gasteiger partial charge in [0.15, 0.2) is 17.9 Å². The second-order valence-electron chi connectivity index (χ2n) is 6.84. The molecule has 3 fully saturated rings. The maximum atomic E-state index is 9.28. The SMILES string of the molecule is CO[C@@]1(CC#N)[C@@H]([C@H]2COC(C)(C)O2)O[C@@H]2OC(C)(C)O[C@@H]21. The molecule has 0 aliphatic carbocycles. The molecule has 0 saturated carbocycles. The molecule has 3 aliphatic heterocycles. The Morgan fingerprint density at radius 3 is 2.36 bits per heavy atom. The number of hydrogen-bond donors (Lipinski definition) is 0. The summed E-state index contributed by atoms with van der Waals surface area (Å²) in [5.41, 5.74) is -0.943. The summed E-state index contributed by atoms with van der Waals surface area (Å²) in [6.45, 7) is 7.69. The molecule has 0 aromatic heterocycles. The van der Waals surface area contributed by atoms with Crippen molar-refractivity contribution >= 4 is 0 Å². The van der Waals surface area contributed by atoms with Crippen LogP contribution in [0.1, 0.15) is 34.1 Å². The molecule has 3 saturated heterocycles. The largest absolute Gasteiger partial charge is 0.371 e. The Labute approximate surface area is 130 Å². The van der Waals surface area contributed by atoms with E-state index in [0.717, 1.165) is 0 Å². The van der Waals surface area contributed by atoms with Gasteiger partial charge in [-0.1, -0.05) is 0 Å². The Kier molecular flexibility index (Phi) is 3.76. The number of rotatable bonds is 3. The van der Waals surface area contributed by atoms with E-state index in [1.807, 2.05) is 27.7 Å². The van der Waals surface area contributed by atoms with Crippen molar-refractivity contribution in [2.24, 2.45) is 0 Å². The Morgan fingerprint density at radius 1 is 1.09 bits per heavy atom. The maximum absolute atomic E-state index is 9.28. The summed E-state index contributed by atoms with van der Waals surface area (Å²) in [6.07, 6.45) is -1.78. The van der Waals surface area contributed by atoms with Crippen molar-refractivity contribution in [2.45, 2.75) is 75.9 Å². The van der Waals surface area contributed by atoms with Crippen molar-refractivity contribution < 1.29 is 28.4 Å². The van der Waals surface area contributed by atoms with E-state index in [9.17, 15) is 5.26 Å². The predicted molar refractivity (Wildman–Crippen MR) is 73.6 cm³/mol. The fourth-order valence-corrected chi connectivity index (χ4v) is 3.48. The Hall–Kier alpha value is -0.750. The summed E-state index contributed by atoms with van der Waals surface area (Å²) in [4.78, 5) is 0. The van der Waals surface area contributed by atoms with E-state index in [1.54, 1.807) is 7.11 Å². The van der Waals surface area contributed by atoms with E-state index in [0.29, 0.717) is 6.61 Å². The molecule has 0 amide bonds. The number of nitriles is 1. The van der Waals surface area contributed by atoms with Crippen LogP contribution >= 0.6 is 0 Å². The van der Waals surface area contributed by atoms with E-state index in [2.05, 4.69) is 6.07 Å². The number of fused-ring (bicyclic) bond motifs is 1. The molecule has 3 heterocycles. The molecule has 3 aliphatic rings. The lowest BCUT2D eigenvalue weighted by atomic mass is 9.86. The first kappa shape index (κ1) is 16.1. The predicted octanol–water partition coefficient (Wildman–Crippen LogP) is 1.31. The van der Waals surface area contributed by atoms with Gasteiger partial charge in [-0.2, -0.15) is 5.26 Å². The van der Waals surface area contributed by atoms with Gasteiger partial charge < -0.3 is 28.4 Å². The zero-order chi connectivity index (χ0) is 16.2. The van der Waals surface area contributed by atoms with Gasteiger partial charge in [0.1, 0.15) is 23.9 Å². The lowest BCUT2D eigenvalue weighted by molar-refractivity contribution is -0.251. The maximum Gasteiger partial charge on any atom is 0.190 e. The van der Waals surface area contributed by atoms with Gasteiger partial charge in [-0.05, 0) is 27.7 Å². The second kappa shape index (κ2) is 5.13. The average Bonchev–Trinajstić information content (AvgIpc) is 3.00. The van der Waals surface area contributed by atoms with Crippen LogP contribution in [-0.2, 0) is 28.4 Å². The van der Waals surface area contributed by atoms with E-state index < -0.39 is 35.7 Å². The smallest absolute Gasteiger partial charge is 0.190 e. The highest BCUT2D eigenvalue weighted by Crippen LogP contribution is 2.48. The molecule has 0 spiro atoms. The highest BCUT2D eigenvalue weighted by molar-refractivity contribution is 5.12. The zero-order valence-corrected chi connectivity index (χ0v) is 13.6. The van der Waals surface area contributed by atoms with Gasteiger partial charge in [-0.25, -0.2) is 0 Å². The second-order valence-corrected chi connectivity index (χ2v) is 6.84. The summed E-state index contributed by atoms with van der Waals surface area (Å²) in [5, 5.41) is 9.28. The van der Waals surface area contributed by atoms with Gasteiger partial charge >= 0.3 is 0 Å². The first-order valence-electron chi connectivity index (χ1n) is 7.48. The van der Waals surface area contributed by atoms with Crippen LogP contribution in [0.25, 0.3) is 0 Å². The van der Waals surface area contributed by atoms with Gasteiger partial charge in [0.2, 0.25) is 0 Å². The highest BCUT2D eigenvalue weighted by Gasteiger charge is 2.67. The minimum Gasteiger partial charge on any atom is -0.371 e. The van der Waals surface area contributed by atoms with Crippen molar-refractivity contribution in [2.75, 3.05) is 13.7 Å². The first-order chi connectivity index (χ1) is 10.2. The fourth-order valence-electron chi connectivity index (χ4n) is 3.48. The first-order valence-corrected chi connectivity index (χ1v) is 7.48. The third-order valence-electron chi connectivity index (χ3n) is 4.41. The molecule has 0 aromatic carbocycles. The summed E-state index contributed by atoms with van der Waals surface area (Å²) in [5.74, 6) is -1.45. The summed E-state index contributed by atoms with van der Waals surface area (Å²) in [7, 11) is 1.56. The van der Waals surface area contributed by atoms with Crippen molar-refractivity contribution in [1.29, 1.82) is 5.26 Å². The molecule has 0 bridgehead atoms. The zero-order valence-electron chi connectivity index (χ0n) is 13.6. The average molecular weight is 313 g/mol. The number of nitrogens with zero attached hydrogens (tertiary/aromatic N) is 1. The molecule has 0 aromatic rings. The minimum absolute atomic E-state index is 0.120. The quantitative estimate of drug-likeness (QED) is 0.777. The fraction of sp³-hybridized carbons (Fsp3) is 0.933. The molecule has 22 heavy (non-hydrogen) atoms. The molecule has 0 N–H and O–H groups in total. The monoisotopic (exact) mass is 313 g/mol. The molecule has 3 rings (SSSR count). The van der Waals surface area contributed by atoms with Crippen molar-refractivity contribution in [3.05, 3.63) is 0 Å². The standard InChI is InChI=1S/C15H23NO6/c1-13(2)18-8-9(20-13)10-15(17-5,6-7-16)11-12(19-10)22-14(3,4)21-11/h9-12H,6,8H2,1-5H3/t9-,10-,11+,12-,15+/m1/s1. The molecule has 5 atom stereocenters. The normalized spacial score (nSPS) is 45.6. The van der Waals surface area contributed by atoms with Gasteiger partial charge in [0, 0.05) is 7.11 Å². The molecular formula is C15H23NO6. The lowest BCUT2D eigenvalue weighted by Gasteiger charge is -2.37. The van der Waals surface area contributed by atoms with Crippen LogP contribution in [0.4, 0.5) is 0 Å². The van der Waals surface area contributed by atoms with Crippen molar-refractivity contribution in [3.63, 3.8) is 0 Å². The van der Waals surface area contributed by atoms with Crippen LogP contribution in [-0.4, -0.2) is 55.5 Å². The highest BCUT2D eigenvalue weighted by atomic mass is 16.9. The molecule has 7 nitrogen and oxygen atoms in total. The Balaban J connectivity index is 1.89. The Morgan fingerprint density at radius 2 is 1.82 bits per heavy atom. The topological polar surface area (TPSA) is 79.2 Å². The van der Waals surface area contributed by atoms with E-state index >= 15 is 0 Å². The summed E-state index contributed by atoms with van der Waals surface area (Å²) >= 11 is 0. The van der Waals surface area contributed by atoms with Gasteiger partial charge in [0.25, 0.3) is 0 Å². The van der Waals surface area contributed by atoms with Crippen LogP contribution in [0.5, 0.6) is 0 Å². The third kappa shape index (κ3) is 2.44. The van der Waals surface area contributed by atoms with E-state index in [-0.39, 0.29) is 12.5 Å². The molecule has 0 unspecified atom stereocenters. The van der Waals surface area contributed by atoms with Gasteiger partial charge in [0.05, 0.1) is 19.1 Å². The molecule has 124 valence electrons. The molecule has 0 radical (unpaired) electrons. The van der Waals surface area contributed by atoms with Crippen molar-refractivity contribution in [1.82, 2.24) is 0 Å². The number of ether oxygens (including phenoxy) is 6. The Bertz CT molecular complexity index is 487. The van der Waals surface area contributed by atoms with Gasteiger partial charge in [-0.15, -0.1) is 0 Å². The summed E-state index contributed by atoms with van der Waals surface area (Å²) < 4.78 is 35.1. The minimum atomic E-state index is -0.943. The molecule has 7 heteroatoms. The van der Waals surface area contributed by atoms with Crippen LogP contribution in [0.2, 0.25) is 0 Å². The van der Waals surface area contributed by atoms with E-state index in [1.165, 1.54) is 0 Å². The van der Waals surface area contributed by atoms with Crippen LogP contribution < -0.4 is 0 Å². The number of methoxy groups -OCH3 is 1. The van der Waals surface area contributed by atoms with Crippen molar-refractivity contribution in [3.8, 4) is 6.07 Å². The van der Waals surface area contributed by atoms with E-state index in [4.69, 9.17) is 28.4 Å². The van der Waals surface area contributed by atoms with Gasteiger partial charge in [-0.3, -0.25) is 0 Å². The van der Waals surface area contributed by atoms with Crippen LogP contribution in [0.15, 0.2) is 0 Å². The van der Waals surface area contributed by atoms with Crippen LogP contribution in [0.3, 0.4) is 0 Å². The molecular weight excluding hydrogens is 290 g/mol.